The maximum absolute atomic E-state index is 11.8. The van der Waals surface area contributed by atoms with Crippen LogP contribution in [0.1, 0.15) is 5.56 Å². The van der Waals surface area contributed by atoms with Crippen molar-refractivity contribution in [2.45, 2.75) is 6.54 Å². The summed E-state index contributed by atoms with van der Waals surface area (Å²) < 4.78 is 2.57. The van der Waals surface area contributed by atoms with Crippen molar-refractivity contribution in [3.63, 3.8) is 0 Å². The zero-order valence-corrected chi connectivity index (χ0v) is 12.2. The summed E-state index contributed by atoms with van der Waals surface area (Å²) in [5.74, 6) is 0. The largest absolute Gasteiger partial charge is 0.293 e. The minimum Gasteiger partial charge on any atom is -0.293 e. The summed E-state index contributed by atoms with van der Waals surface area (Å²) >= 11 is 13.6. The van der Waals surface area contributed by atoms with Crippen LogP contribution in [0.5, 0.6) is 0 Å². The molecule has 0 fully saturated rings. The Morgan fingerprint density at radius 3 is 2.53 bits per heavy atom. The molecule has 0 amide bonds. The first-order chi connectivity index (χ1) is 8.08. The first-order valence-electron chi connectivity index (χ1n) is 4.73. The lowest BCUT2D eigenvalue weighted by Gasteiger charge is -2.06. The molecule has 0 atom stereocenters. The fourth-order valence-corrected chi connectivity index (χ4v) is 1.98. The van der Waals surface area contributed by atoms with E-state index >= 15 is 0 Å². The lowest BCUT2D eigenvalue weighted by Crippen LogP contribution is -2.21. The Labute approximate surface area is 122 Å². The first kappa shape index (κ1) is 12.9. The molecule has 0 spiro atoms. The van der Waals surface area contributed by atoms with Gasteiger partial charge in [0.05, 0.1) is 12.9 Å². The SMILES string of the molecule is O=c1c(Cl)c(Cl)ncn1Cc1ccc(I)cc1. The number of aromatic nitrogens is 2. The van der Waals surface area contributed by atoms with Crippen LogP contribution in [0, 0.1) is 3.57 Å². The third-order valence-corrected chi connectivity index (χ3v) is 3.65. The van der Waals surface area contributed by atoms with E-state index in [0.29, 0.717) is 6.54 Å². The molecule has 3 nitrogen and oxygen atoms in total. The van der Waals surface area contributed by atoms with Crippen molar-refractivity contribution in [1.29, 1.82) is 0 Å². The molecule has 1 aromatic heterocycles. The van der Waals surface area contributed by atoms with Crippen LogP contribution in [0.25, 0.3) is 0 Å². The second kappa shape index (κ2) is 5.37. The smallest absolute Gasteiger partial charge is 0.273 e. The standard InChI is InChI=1S/C11H7Cl2IN2O/c12-9-10(13)15-6-16(11(9)17)5-7-1-3-8(14)4-2-7/h1-4,6H,5H2. The van der Waals surface area contributed by atoms with Gasteiger partial charge in [0.1, 0.15) is 5.02 Å². The van der Waals surface area contributed by atoms with Crippen LogP contribution in [0.3, 0.4) is 0 Å². The Bertz CT molecular complexity index is 595. The molecular weight excluding hydrogens is 374 g/mol. The van der Waals surface area contributed by atoms with Crippen LogP contribution in [0.4, 0.5) is 0 Å². The average Bonchev–Trinajstić information content (AvgIpc) is 2.33. The summed E-state index contributed by atoms with van der Waals surface area (Å²) in [6.45, 7) is 0.430. The molecule has 0 N–H and O–H groups in total. The monoisotopic (exact) mass is 380 g/mol. The number of benzene rings is 1. The summed E-state index contributed by atoms with van der Waals surface area (Å²) in [6, 6.07) is 7.87. The number of rotatable bonds is 2. The molecule has 1 heterocycles. The zero-order chi connectivity index (χ0) is 12.4. The Morgan fingerprint density at radius 2 is 1.88 bits per heavy atom. The summed E-state index contributed by atoms with van der Waals surface area (Å²) in [6.07, 6.45) is 1.40. The van der Waals surface area contributed by atoms with Crippen molar-refractivity contribution in [3.8, 4) is 0 Å². The van der Waals surface area contributed by atoms with E-state index in [0.717, 1.165) is 9.13 Å². The molecule has 0 radical (unpaired) electrons. The molecule has 0 aliphatic heterocycles. The first-order valence-corrected chi connectivity index (χ1v) is 6.56. The summed E-state index contributed by atoms with van der Waals surface area (Å²) in [7, 11) is 0. The van der Waals surface area contributed by atoms with Gasteiger partial charge in [0.25, 0.3) is 5.56 Å². The van der Waals surface area contributed by atoms with Gasteiger partial charge in [0.15, 0.2) is 5.15 Å². The normalized spacial score (nSPS) is 10.5. The maximum Gasteiger partial charge on any atom is 0.273 e. The van der Waals surface area contributed by atoms with E-state index in [-0.39, 0.29) is 15.7 Å². The average molecular weight is 381 g/mol. The Balaban J connectivity index is 2.34. The molecule has 0 unspecified atom stereocenters. The number of hydrogen-bond acceptors (Lipinski definition) is 2. The van der Waals surface area contributed by atoms with Gasteiger partial charge < -0.3 is 0 Å². The van der Waals surface area contributed by atoms with Gasteiger partial charge in [-0.1, -0.05) is 35.3 Å². The van der Waals surface area contributed by atoms with Gasteiger partial charge >= 0.3 is 0 Å². The van der Waals surface area contributed by atoms with Crippen molar-refractivity contribution < 1.29 is 0 Å². The van der Waals surface area contributed by atoms with Crippen LogP contribution in [0.2, 0.25) is 10.2 Å². The van der Waals surface area contributed by atoms with Gasteiger partial charge in [-0.05, 0) is 40.3 Å². The van der Waals surface area contributed by atoms with Crippen LogP contribution >= 0.6 is 45.8 Å². The molecule has 17 heavy (non-hydrogen) atoms. The predicted octanol–water partition coefficient (Wildman–Crippen LogP) is 3.20. The van der Waals surface area contributed by atoms with E-state index in [9.17, 15) is 4.79 Å². The molecule has 0 aliphatic rings. The minimum atomic E-state index is -0.329. The molecule has 6 heteroatoms. The predicted molar refractivity (Wildman–Crippen MR) is 76.8 cm³/mol. The zero-order valence-electron chi connectivity index (χ0n) is 8.53. The highest BCUT2D eigenvalue weighted by Gasteiger charge is 2.07. The van der Waals surface area contributed by atoms with Crippen LogP contribution in [-0.4, -0.2) is 9.55 Å². The van der Waals surface area contributed by atoms with Crippen LogP contribution in [-0.2, 0) is 6.54 Å². The number of nitrogens with zero attached hydrogens (tertiary/aromatic N) is 2. The quantitative estimate of drug-likeness (QED) is 0.592. The van der Waals surface area contributed by atoms with Gasteiger partial charge in [-0.3, -0.25) is 9.36 Å². The van der Waals surface area contributed by atoms with Gasteiger partial charge in [-0.15, -0.1) is 0 Å². The van der Waals surface area contributed by atoms with E-state index in [1.165, 1.54) is 10.9 Å². The molecule has 0 saturated carbocycles. The second-order valence-corrected chi connectivity index (χ2v) is 5.39. The van der Waals surface area contributed by atoms with E-state index in [1.807, 2.05) is 24.3 Å². The van der Waals surface area contributed by atoms with Gasteiger partial charge in [0.2, 0.25) is 0 Å². The minimum absolute atomic E-state index is 0.0375. The lowest BCUT2D eigenvalue weighted by molar-refractivity contribution is 0.736. The third-order valence-electron chi connectivity index (χ3n) is 2.21. The van der Waals surface area contributed by atoms with E-state index in [1.54, 1.807) is 0 Å². The van der Waals surface area contributed by atoms with Crippen molar-refractivity contribution in [1.82, 2.24) is 9.55 Å². The van der Waals surface area contributed by atoms with Gasteiger partial charge in [-0.2, -0.15) is 0 Å². The molecule has 1 aromatic carbocycles. The van der Waals surface area contributed by atoms with E-state index in [2.05, 4.69) is 27.6 Å². The molecule has 0 saturated heterocycles. The summed E-state index contributed by atoms with van der Waals surface area (Å²) in [4.78, 5) is 15.6. The van der Waals surface area contributed by atoms with Crippen molar-refractivity contribution in [2.24, 2.45) is 0 Å². The summed E-state index contributed by atoms with van der Waals surface area (Å²) in [5, 5.41) is -0.00444. The fraction of sp³-hybridized carbons (Fsp3) is 0.0909. The van der Waals surface area contributed by atoms with Crippen LogP contribution in [0.15, 0.2) is 35.4 Å². The fourth-order valence-electron chi connectivity index (χ4n) is 1.34. The van der Waals surface area contributed by atoms with Crippen molar-refractivity contribution in [2.75, 3.05) is 0 Å². The highest BCUT2D eigenvalue weighted by Crippen LogP contribution is 2.13. The summed E-state index contributed by atoms with van der Waals surface area (Å²) in [5.41, 5.74) is 0.679. The van der Waals surface area contributed by atoms with Crippen molar-refractivity contribution >= 4 is 45.8 Å². The third kappa shape index (κ3) is 3.00. The van der Waals surface area contributed by atoms with Gasteiger partial charge in [-0.25, -0.2) is 4.98 Å². The molecule has 2 rings (SSSR count). The van der Waals surface area contributed by atoms with Gasteiger partial charge in [0, 0.05) is 3.57 Å². The number of hydrogen-bond donors (Lipinski definition) is 0. The highest BCUT2D eigenvalue weighted by molar-refractivity contribution is 14.1. The Morgan fingerprint density at radius 1 is 1.24 bits per heavy atom. The molecule has 0 bridgehead atoms. The Kier molecular flexibility index (Phi) is 4.06. The molecule has 0 aliphatic carbocycles. The van der Waals surface area contributed by atoms with Crippen molar-refractivity contribution in [3.05, 3.63) is 60.3 Å². The second-order valence-electron chi connectivity index (χ2n) is 3.41. The Hall–Kier alpha value is -0.590. The highest BCUT2D eigenvalue weighted by atomic mass is 127. The van der Waals surface area contributed by atoms with E-state index in [4.69, 9.17) is 23.2 Å². The molecule has 2 aromatic rings. The van der Waals surface area contributed by atoms with Crippen LogP contribution < -0.4 is 5.56 Å². The maximum atomic E-state index is 11.8. The topological polar surface area (TPSA) is 34.9 Å². The molecule has 88 valence electrons. The lowest BCUT2D eigenvalue weighted by atomic mass is 10.2. The molecular formula is C11H7Cl2IN2O. The van der Waals surface area contributed by atoms with E-state index < -0.39 is 0 Å². The number of halogens is 3.